The van der Waals surface area contributed by atoms with E-state index in [0.717, 1.165) is 0 Å². The molecule has 4 aliphatic carbocycles. The number of allylic oxidation sites excluding steroid dienone is 4. The Kier molecular flexibility index (Phi) is 15.6. The minimum atomic E-state index is -0.917. The van der Waals surface area contributed by atoms with E-state index in [2.05, 4.69) is 0 Å². The summed E-state index contributed by atoms with van der Waals surface area (Å²) < 4.78 is 0. The molecular weight excluding hydrogens is 551 g/mol. The Balaban J connectivity index is 0.000000516. The van der Waals surface area contributed by atoms with Crippen LogP contribution in [0.15, 0.2) is 22.7 Å². The SMILES string of the molecule is CC(=O)C1=C(O)CCC1=O.CC(=O)C1=C([O-])CCC1=O.CC(=O)C1C(=O)CCC1=O.CC(=O)C1C(=O)CCC1=O.[Na+]. The first-order valence-corrected chi connectivity index (χ1v) is 12.5. The molecule has 1 N–H and O–H groups in total. The average molecular weight is 583 g/mol. The Hall–Kier alpha value is -3.22. The van der Waals surface area contributed by atoms with Crippen molar-refractivity contribution in [2.24, 2.45) is 11.8 Å². The van der Waals surface area contributed by atoms with Gasteiger partial charge in [0.25, 0.3) is 0 Å². The molecule has 0 amide bonds. The topological polar surface area (TPSA) is 214 Å². The van der Waals surface area contributed by atoms with Crippen molar-refractivity contribution in [1.29, 1.82) is 0 Å². The molecule has 0 aromatic carbocycles. The molecule has 0 bridgehead atoms. The van der Waals surface area contributed by atoms with Gasteiger partial charge in [0.15, 0.2) is 46.3 Å². The molecule has 12 nitrogen and oxygen atoms in total. The van der Waals surface area contributed by atoms with E-state index in [-0.39, 0.29) is 149 Å². The summed E-state index contributed by atoms with van der Waals surface area (Å²) in [6.07, 6.45) is 2.05. The second-order valence-electron chi connectivity index (χ2n) is 9.53. The second kappa shape index (κ2) is 16.9. The van der Waals surface area contributed by atoms with Gasteiger partial charge < -0.3 is 10.2 Å². The van der Waals surface area contributed by atoms with Crippen molar-refractivity contribution >= 4 is 57.8 Å². The van der Waals surface area contributed by atoms with E-state index < -0.39 is 17.6 Å². The first-order chi connectivity index (χ1) is 18.5. The largest absolute Gasteiger partial charge is 1.00 e. The van der Waals surface area contributed by atoms with Crippen LogP contribution in [0.4, 0.5) is 0 Å². The fourth-order valence-corrected chi connectivity index (χ4v) is 4.40. The van der Waals surface area contributed by atoms with Gasteiger partial charge in [-0.05, 0) is 34.1 Å². The minimum absolute atomic E-state index is 0. The number of hydrogen-bond donors (Lipinski definition) is 1. The Morgan fingerprint density at radius 1 is 0.561 bits per heavy atom. The molecule has 4 rings (SSSR count). The monoisotopic (exact) mass is 582 g/mol. The molecule has 0 spiro atoms. The molecule has 0 unspecified atom stereocenters. The van der Waals surface area contributed by atoms with Gasteiger partial charge >= 0.3 is 29.6 Å². The normalized spacial score (nSPS) is 18.7. The van der Waals surface area contributed by atoms with Crippen LogP contribution in [0.3, 0.4) is 0 Å². The molecule has 0 atom stereocenters. The van der Waals surface area contributed by atoms with Gasteiger partial charge in [-0.1, -0.05) is 0 Å². The van der Waals surface area contributed by atoms with Gasteiger partial charge in [-0.2, -0.15) is 0 Å². The van der Waals surface area contributed by atoms with Crippen LogP contribution < -0.4 is 34.7 Å². The van der Waals surface area contributed by atoms with Crippen molar-refractivity contribution in [3.8, 4) is 0 Å². The molecule has 0 aromatic rings. The van der Waals surface area contributed by atoms with E-state index in [4.69, 9.17) is 5.11 Å². The molecule has 41 heavy (non-hydrogen) atoms. The van der Waals surface area contributed by atoms with E-state index in [0.29, 0.717) is 6.42 Å². The Bertz CT molecular complexity index is 1120. The van der Waals surface area contributed by atoms with Crippen LogP contribution in [-0.4, -0.2) is 62.9 Å². The summed E-state index contributed by atoms with van der Waals surface area (Å²) in [6.45, 7) is 5.10. The van der Waals surface area contributed by atoms with Crippen molar-refractivity contribution in [2.75, 3.05) is 0 Å². The minimum Gasteiger partial charge on any atom is -0.875 e. The van der Waals surface area contributed by atoms with Gasteiger partial charge in [-0.15, -0.1) is 5.76 Å². The second-order valence-corrected chi connectivity index (χ2v) is 9.53. The molecule has 0 aromatic heterocycles. The fraction of sp³-hybridized carbons (Fsp3) is 0.500. The van der Waals surface area contributed by atoms with Gasteiger partial charge in [0.1, 0.15) is 29.2 Å². The molecule has 13 heteroatoms. The summed E-state index contributed by atoms with van der Waals surface area (Å²) in [7, 11) is 0. The summed E-state index contributed by atoms with van der Waals surface area (Å²) in [4.78, 5) is 107. The number of aliphatic hydroxyl groups is 1. The maximum Gasteiger partial charge on any atom is 1.00 e. The van der Waals surface area contributed by atoms with Crippen LogP contribution in [-0.2, 0) is 47.9 Å². The van der Waals surface area contributed by atoms with Crippen molar-refractivity contribution in [1.82, 2.24) is 0 Å². The van der Waals surface area contributed by atoms with Crippen LogP contribution in [0.5, 0.6) is 0 Å². The summed E-state index contributed by atoms with van der Waals surface area (Å²) in [5.74, 6) is -4.89. The van der Waals surface area contributed by atoms with Gasteiger partial charge in [0.05, 0.1) is 5.57 Å². The molecule has 2 saturated carbocycles. The predicted octanol–water partition coefficient (Wildman–Crippen LogP) is -2.45. The standard InChI is InChI=1S/4C7H8O3.Na/c4*1-4(8)7-5(9)2-3-6(7)10;/h2*9H,2-3H2,1H3;2*7H,2-3H2,1H3;/q;;;;+1/p-1. The van der Waals surface area contributed by atoms with Crippen LogP contribution in [0.2, 0.25) is 0 Å². The van der Waals surface area contributed by atoms with E-state index in [1.165, 1.54) is 27.7 Å². The first-order valence-electron chi connectivity index (χ1n) is 12.5. The Morgan fingerprint density at radius 3 is 1.02 bits per heavy atom. The molecule has 0 saturated heterocycles. The Labute approximate surface area is 258 Å². The summed E-state index contributed by atoms with van der Waals surface area (Å²) in [5.41, 5.74) is -0.111. The predicted molar refractivity (Wildman–Crippen MR) is 133 cm³/mol. The fourth-order valence-electron chi connectivity index (χ4n) is 4.40. The Morgan fingerprint density at radius 2 is 0.878 bits per heavy atom. The molecule has 0 aliphatic heterocycles. The zero-order valence-corrected chi connectivity index (χ0v) is 25.7. The number of Topliss-reactive ketones (excluding diaryl/α,β-unsaturated/α-hetero) is 10. The van der Waals surface area contributed by atoms with Crippen molar-refractivity contribution < 1.29 is 87.7 Å². The van der Waals surface area contributed by atoms with E-state index in [1.54, 1.807) is 0 Å². The maximum atomic E-state index is 10.8. The molecule has 216 valence electrons. The van der Waals surface area contributed by atoms with Gasteiger partial charge in [-0.3, -0.25) is 47.9 Å². The van der Waals surface area contributed by atoms with Crippen molar-refractivity contribution in [3.05, 3.63) is 22.7 Å². The number of carbonyl (C=O) groups excluding carboxylic acids is 10. The van der Waals surface area contributed by atoms with Crippen LogP contribution in [0, 0.1) is 11.8 Å². The molecule has 0 radical (unpaired) electrons. The zero-order chi connectivity index (χ0) is 30.9. The van der Waals surface area contributed by atoms with Crippen LogP contribution in [0.1, 0.15) is 79.1 Å². The molecule has 4 aliphatic rings. The first kappa shape index (κ1) is 37.8. The quantitative estimate of drug-likeness (QED) is 0.208. The summed E-state index contributed by atoms with van der Waals surface area (Å²) >= 11 is 0. The summed E-state index contributed by atoms with van der Waals surface area (Å²) in [5, 5.41) is 19.7. The maximum absolute atomic E-state index is 10.8. The third-order valence-corrected chi connectivity index (χ3v) is 6.33. The molecule has 2 fully saturated rings. The third kappa shape index (κ3) is 10.6. The van der Waals surface area contributed by atoms with Crippen LogP contribution >= 0.6 is 0 Å². The van der Waals surface area contributed by atoms with Crippen molar-refractivity contribution in [3.63, 3.8) is 0 Å². The number of rotatable bonds is 4. The zero-order valence-electron chi connectivity index (χ0n) is 23.7. The number of hydrogen-bond acceptors (Lipinski definition) is 12. The molecular formula is C28H31NaO12. The third-order valence-electron chi connectivity index (χ3n) is 6.33. The van der Waals surface area contributed by atoms with Gasteiger partial charge in [-0.25, -0.2) is 0 Å². The van der Waals surface area contributed by atoms with Gasteiger partial charge in [0, 0.05) is 50.5 Å². The number of carbonyl (C=O) groups is 10. The summed E-state index contributed by atoms with van der Waals surface area (Å²) in [6, 6.07) is 0. The van der Waals surface area contributed by atoms with E-state index in [1.807, 2.05) is 0 Å². The number of ketones is 10. The van der Waals surface area contributed by atoms with Crippen molar-refractivity contribution in [2.45, 2.75) is 79.1 Å². The van der Waals surface area contributed by atoms with E-state index in [9.17, 15) is 53.1 Å². The van der Waals surface area contributed by atoms with Gasteiger partial charge in [0.2, 0.25) is 0 Å². The molecule has 0 heterocycles. The smallest absolute Gasteiger partial charge is 0.875 e. The van der Waals surface area contributed by atoms with Crippen LogP contribution in [0.25, 0.3) is 0 Å². The average Bonchev–Trinajstić information content (AvgIpc) is 3.56. The van der Waals surface area contributed by atoms with E-state index >= 15 is 0 Å². The number of aliphatic hydroxyl groups excluding tert-OH is 1.